The van der Waals surface area contributed by atoms with Gasteiger partial charge in [-0.1, -0.05) is 0 Å². The highest BCUT2D eigenvalue weighted by molar-refractivity contribution is 9.10. The van der Waals surface area contributed by atoms with Crippen molar-refractivity contribution in [1.82, 2.24) is 4.98 Å². The van der Waals surface area contributed by atoms with Crippen LogP contribution in [0.5, 0.6) is 5.75 Å². The predicted octanol–water partition coefficient (Wildman–Crippen LogP) is 3.26. The van der Waals surface area contributed by atoms with Crippen molar-refractivity contribution in [1.29, 1.82) is 0 Å². The number of nitrogens with zero attached hydrogens (tertiary/aromatic N) is 1. The van der Waals surface area contributed by atoms with Crippen molar-refractivity contribution in [2.75, 3.05) is 0 Å². The molecular formula is C13H9BrFNO3. The van der Waals surface area contributed by atoms with E-state index in [0.717, 1.165) is 16.1 Å². The van der Waals surface area contributed by atoms with Crippen LogP contribution in [0.2, 0.25) is 0 Å². The van der Waals surface area contributed by atoms with Crippen LogP contribution in [0.3, 0.4) is 0 Å². The molecule has 0 fully saturated rings. The average Bonchev–Trinajstić information content (AvgIpc) is 2.36. The van der Waals surface area contributed by atoms with E-state index in [-0.39, 0.29) is 17.9 Å². The number of carbonyl (C=O) groups is 1. The average molecular weight is 326 g/mol. The van der Waals surface area contributed by atoms with Crippen LogP contribution in [-0.2, 0) is 6.61 Å². The van der Waals surface area contributed by atoms with Crippen molar-refractivity contribution >= 4 is 21.9 Å². The number of aromatic carboxylic acids is 1. The molecule has 0 aliphatic rings. The molecule has 0 amide bonds. The molecule has 2 rings (SSSR count). The Morgan fingerprint density at radius 2 is 2.16 bits per heavy atom. The minimum atomic E-state index is -1.31. The second kappa shape index (κ2) is 5.79. The normalized spacial score (nSPS) is 10.2. The molecule has 0 bridgehead atoms. The van der Waals surface area contributed by atoms with Gasteiger partial charge in [0.1, 0.15) is 18.2 Å². The number of hydrogen-bond donors (Lipinski definition) is 1. The zero-order chi connectivity index (χ0) is 13.8. The molecule has 0 unspecified atom stereocenters. The lowest BCUT2D eigenvalue weighted by atomic mass is 10.2. The lowest BCUT2D eigenvalue weighted by Gasteiger charge is -2.07. The maximum Gasteiger partial charge on any atom is 0.338 e. The number of halogens is 2. The molecule has 1 aromatic carbocycles. The summed E-state index contributed by atoms with van der Waals surface area (Å²) in [5.74, 6) is -1.86. The molecule has 19 heavy (non-hydrogen) atoms. The van der Waals surface area contributed by atoms with Gasteiger partial charge in [0.2, 0.25) is 0 Å². The molecule has 0 spiro atoms. The van der Waals surface area contributed by atoms with Gasteiger partial charge >= 0.3 is 5.97 Å². The number of carboxylic acid groups (broad SMARTS) is 1. The largest absolute Gasteiger partial charge is 0.489 e. The van der Waals surface area contributed by atoms with E-state index < -0.39 is 11.8 Å². The van der Waals surface area contributed by atoms with E-state index in [1.54, 1.807) is 12.4 Å². The van der Waals surface area contributed by atoms with Crippen molar-refractivity contribution < 1.29 is 19.0 Å². The Labute approximate surface area is 117 Å². The molecule has 0 aliphatic carbocycles. The molecule has 98 valence electrons. The van der Waals surface area contributed by atoms with Crippen LogP contribution in [-0.4, -0.2) is 16.1 Å². The number of aromatic nitrogens is 1. The Morgan fingerprint density at radius 3 is 2.79 bits per heavy atom. The molecule has 2 aromatic rings. The molecule has 0 radical (unpaired) electrons. The van der Waals surface area contributed by atoms with E-state index in [0.29, 0.717) is 0 Å². The molecule has 4 nitrogen and oxygen atoms in total. The molecule has 0 aliphatic heterocycles. The summed E-state index contributed by atoms with van der Waals surface area (Å²) in [5.41, 5.74) is 0.438. The Balaban J connectivity index is 2.08. The monoisotopic (exact) mass is 325 g/mol. The summed E-state index contributed by atoms with van der Waals surface area (Å²) in [5, 5.41) is 8.70. The first-order chi connectivity index (χ1) is 9.06. The van der Waals surface area contributed by atoms with Gasteiger partial charge in [-0.25, -0.2) is 9.18 Å². The van der Waals surface area contributed by atoms with Crippen LogP contribution >= 0.6 is 15.9 Å². The zero-order valence-electron chi connectivity index (χ0n) is 9.64. The van der Waals surface area contributed by atoms with Crippen molar-refractivity contribution in [2.45, 2.75) is 6.61 Å². The van der Waals surface area contributed by atoms with Crippen molar-refractivity contribution in [2.24, 2.45) is 0 Å². The number of hydrogen-bond acceptors (Lipinski definition) is 3. The van der Waals surface area contributed by atoms with Gasteiger partial charge in [0.15, 0.2) is 0 Å². The van der Waals surface area contributed by atoms with Crippen LogP contribution in [0.1, 0.15) is 15.9 Å². The Hall–Kier alpha value is -1.95. The molecule has 1 heterocycles. The second-order valence-electron chi connectivity index (χ2n) is 3.75. The Kier molecular flexibility index (Phi) is 4.11. The third-order valence-electron chi connectivity index (χ3n) is 2.34. The molecule has 0 atom stereocenters. The van der Waals surface area contributed by atoms with E-state index in [2.05, 4.69) is 20.9 Å². The maximum absolute atomic E-state index is 13.4. The van der Waals surface area contributed by atoms with E-state index >= 15 is 0 Å². The highest BCUT2D eigenvalue weighted by Crippen LogP contribution is 2.18. The molecular weight excluding hydrogens is 317 g/mol. The van der Waals surface area contributed by atoms with Crippen molar-refractivity contribution in [3.63, 3.8) is 0 Å². The van der Waals surface area contributed by atoms with Gasteiger partial charge in [0, 0.05) is 28.5 Å². The summed E-state index contributed by atoms with van der Waals surface area (Å²) < 4.78 is 19.6. The first kappa shape index (κ1) is 13.5. The maximum atomic E-state index is 13.4. The number of ether oxygens (including phenoxy) is 1. The van der Waals surface area contributed by atoms with Gasteiger partial charge in [-0.15, -0.1) is 0 Å². The van der Waals surface area contributed by atoms with E-state index in [1.807, 2.05) is 6.07 Å². The van der Waals surface area contributed by atoms with Gasteiger partial charge in [0.25, 0.3) is 0 Å². The lowest BCUT2D eigenvalue weighted by Crippen LogP contribution is -2.02. The zero-order valence-corrected chi connectivity index (χ0v) is 11.2. The van der Waals surface area contributed by atoms with Crippen molar-refractivity contribution in [3.05, 3.63) is 58.1 Å². The van der Waals surface area contributed by atoms with Gasteiger partial charge in [-0.05, 0) is 34.1 Å². The third kappa shape index (κ3) is 3.51. The summed E-state index contributed by atoms with van der Waals surface area (Å²) in [6, 6.07) is 5.47. The fourth-order valence-corrected chi connectivity index (χ4v) is 1.87. The van der Waals surface area contributed by atoms with Gasteiger partial charge in [0.05, 0.1) is 5.56 Å². The summed E-state index contributed by atoms with van der Waals surface area (Å²) in [4.78, 5) is 14.6. The molecule has 1 N–H and O–H groups in total. The standard InChI is InChI=1S/C13H9BrFNO3/c14-9-3-8(5-16-6-9)7-19-10-1-2-11(13(17)18)12(15)4-10/h1-6H,7H2,(H,17,18). The molecule has 0 saturated heterocycles. The van der Waals surface area contributed by atoms with Crippen LogP contribution < -0.4 is 4.74 Å². The first-order valence-corrected chi connectivity index (χ1v) is 6.10. The second-order valence-corrected chi connectivity index (χ2v) is 4.66. The van der Waals surface area contributed by atoms with E-state index in [4.69, 9.17) is 9.84 Å². The topological polar surface area (TPSA) is 59.4 Å². The third-order valence-corrected chi connectivity index (χ3v) is 2.77. The van der Waals surface area contributed by atoms with Crippen LogP contribution in [0.25, 0.3) is 0 Å². The van der Waals surface area contributed by atoms with Gasteiger partial charge in [-0.3, -0.25) is 4.98 Å². The first-order valence-electron chi connectivity index (χ1n) is 5.31. The SMILES string of the molecule is O=C(O)c1ccc(OCc2cncc(Br)c2)cc1F. The molecule has 6 heteroatoms. The molecule has 0 saturated carbocycles. The number of rotatable bonds is 4. The fourth-order valence-electron chi connectivity index (χ4n) is 1.46. The lowest BCUT2D eigenvalue weighted by molar-refractivity contribution is 0.0692. The van der Waals surface area contributed by atoms with E-state index in [1.165, 1.54) is 12.1 Å². The van der Waals surface area contributed by atoms with Crippen molar-refractivity contribution in [3.8, 4) is 5.75 Å². The summed E-state index contributed by atoms with van der Waals surface area (Å²) in [6.07, 6.45) is 3.28. The number of pyridine rings is 1. The highest BCUT2D eigenvalue weighted by atomic mass is 79.9. The summed E-state index contributed by atoms with van der Waals surface area (Å²) in [7, 11) is 0. The van der Waals surface area contributed by atoms with Crippen LogP contribution in [0.4, 0.5) is 4.39 Å². The fraction of sp³-hybridized carbons (Fsp3) is 0.0769. The minimum Gasteiger partial charge on any atom is -0.489 e. The van der Waals surface area contributed by atoms with Gasteiger partial charge < -0.3 is 9.84 Å². The summed E-state index contributed by atoms with van der Waals surface area (Å²) >= 11 is 3.28. The number of benzene rings is 1. The Bertz CT molecular complexity index is 619. The molecule has 1 aromatic heterocycles. The quantitative estimate of drug-likeness (QED) is 0.937. The Morgan fingerprint density at radius 1 is 1.37 bits per heavy atom. The van der Waals surface area contributed by atoms with Crippen LogP contribution in [0, 0.1) is 5.82 Å². The highest BCUT2D eigenvalue weighted by Gasteiger charge is 2.10. The van der Waals surface area contributed by atoms with Crippen LogP contribution in [0.15, 0.2) is 41.1 Å². The van der Waals surface area contributed by atoms with Gasteiger partial charge in [-0.2, -0.15) is 0 Å². The minimum absolute atomic E-state index is 0.221. The number of carboxylic acids is 1. The smallest absolute Gasteiger partial charge is 0.338 e. The van der Waals surface area contributed by atoms with E-state index in [9.17, 15) is 9.18 Å². The predicted molar refractivity (Wildman–Crippen MR) is 69.6 cm³/mol. The summed E-state index contributed by atoms with van der Waals surface area (Å²) in [6.45, 7) is 0.221.